The second kappa shape index (κ2) is 10.2. The van der Waals surface area contributed by atoms with Gasteiger partial charge in [-0.2, -0.15) is 70.2 Å². The summed E-state index contributed by atoms with van der Waals surface area (Å²) in [7, 11) is -3.98. The van der Waals surface area contributed by atoms with Crippen LogP contribution in [0.1, 0.15) is 6.92 Å². The molecule has 24 heteroatoms. The zero-order chi connectivity index (χ0) is 29.4. The summed E-state index contributed by atoms with van der Waals surface area (Å²) in [4.78, 5) is 0. The molecule has 0 rings (SSSR count). The molecule has 0 fully saturated rings. The minimum atomic E-state index is -7.54. The fraction of sp³-hybridized carbons (Fsp3) is 1.00. The van der Waals surface area contributed by atoms with E-state index in [9.17, 15) is 74.8 Å². The van der Waals surface area contributed by atoms with Crippen molar-refractivity contribution in [1.82, 2.24) is 0 Å². The maximum Gasteiger partial charge on any atom is 0.474 e. The molecule has 0 unspecified atom stereocenters. The Morgan fingerprint density at radius 1 is 0.556 bits per heavy atom. The molecule has 0 radical (unpaired) electrons. The van der Waals surface area contributed by atoms with E-state index in [2.05, 4.69) is 18.3 Å². The second-order valence-corrected chi connectivity index (χ2v) is 7.96. The molecule has 0 aromatic rings. The number of phosphoric acid groups is 1. The number of phosphoric ester groups is 1. The van der Waals surface area contributed by atoms with Gasteiger partial charge in [-0.3, -0.25) is 13.6 Å². The van der Waals surface area contributed by atoms with Gasteiger partial charge in [-0.25, -0.2) is 18.8 Å². The largest absolute Gasteiger partial charge is 0.474 e. The van der Waals surface area contributed by atoms with Crippen LogP contribution in [-0.2, 0) is 32.3 Å². The Kier molecular flexibility index (Phi) is 9.89. The second-order valence-electron chi connectivity index (χ2n) is 6.08. The van der Waals surface area contributed by atoms with E-state index in [0.29, 0.717) is 14.2 Å². The van der Waals surface area contributed by atoms with Crippen LogP contribution in [0.3, 0.4) is 0 Å². The van der Waals surface area contributed by atoms with Crippen LogP contribution in [0.4, 0.5) is 70.2 Å². The number of rotatable bonds is 15. The molecule has 36 heavy (non-hydrogen) atoms. The molecule has 0 spiro atoms. The van der Waals surface area contributed by atoms with Gasteiger partial charge in [0, 0.05) is 21.1 Å². The van der Waals surface area contributed by atoms with Crippen molar-refractivity contribution in [2.45, 2.75) is 55.4 Å². The van der Waals surface area contributed by atoms with Gasteiger partial charge in [0.05, 0.1) is 0 Å². The van der Waals surface area contributed by atoms with Crippen LogP contribution in [0, 0.1) is 0 Å². The van der Waals surface area contributed by atoms with E-state index >= 15 is 0 Å². The summed E-state index contributed by atoms with van der Waals surface area (Å²) in [5, 5.41) is 0. The van der Waals surface area contributed by atoms with Gasteiger partial charge in [0.2, 0.25) is 0 Å². The topological polar surface area (TPSA) is 72.5 Å². The van der Waals surface area contributed by atoms with Gasteiger partial charge in [0.15, 0.2) is 0 Å². The molecule has 0 aromatic carbocycles. The van der Waals surface area contributed by atoms with Crippen molar-refractivity contribution in [2.75, 3.05) is 20.8 Å². The molecule has 0 aliphatic carbocycles. The van der Waals surface area contributed by atoms with Crippen LogP contribution in [0.25, 0.3) is 0 Å². The average molecular weight is 602 g/mol. The predicted molar refractivity (Wildman–Crippen MR) is 76.1 cm³/mol. The fourth-order valence-electron chi connectivity index (χ4n) is 1.43. The number of hydrogen-bond acceptors (Lipinski definition) is 7. The highest BCUT2D eigenvalue weighted by molar-refractivity contribution is 7.48. The highest BCUT2D eigenvalue weighted by Crippen LogP contribution is 2.53. The summed E-state index contributed by atoms with van der Waals surface area (Å²) in [6.07, 6.45) is -42.6. The Labute approximate surface area is 188 Å². The third kappa shape index (κ3) is 7.69. The van der Waals surface area contributed by atoms with Crippen molar-refractivity contribution in [2.24, 2.45) is 0 Å². The van der Waals surface area contributed by atoms with Crippen molar-refractivity contribution >= 4 is 7.82 Å². The van der Waals surface area contributed by atoms with E-state index in [1.54, 1.807) is 4.74 Å². The first kappa shape index (κ1) is 34.9. The number of halogens is 16. The average Bonchev–Trinajstić information content (AvgIpc) is 2.62. The Hall–Kier alpha value is -1.13. The lowest BCUT2D eigenvalue weighted by atomic mass is 10.2. The fourth-order valence-corrected chi connectivity index (χ4v) is 2.10. The Bertz CT molecular complexity index is 791. The SMILES string of the molecule is COP(=O)(OC)OCC(F)(F)OC(F)(F)C(F)(F)OC(F)(F)C(F)(F)OC(F)(F)C(F)(F)C(C)(F)F. The summed E-state index contributed by atoms with van der Waals surface area (Å²) in [5.41, 5.74) is 0. The minimum Gasteiger partial charge on any atom is -0.290 e. The molecular formula is C12H11F16O7P. The molecule has 0 heterocycles. The molecule has 0 aliphatic heterocycles. The lowest BCUT2D eigenvalue weighted by Crippen LogP contribution is -2.61. The molecule has 218 valence electrons. The molecule has 0 bridgehead atoms. The van der Waals surface area contributed by atoms with E-state index in [0.717, 1.165) is 0 Å². The quantitative estimate of drug-likeness (QED) is 0.161. The molecular weight excluding hydrogens is 591 g/mol. The van der Waals surface area contributed by atoms with Crippen LogP contribution in [-0.4, -0.2) is 69.3 Å². The van der Waals surface area contributed by atoms with Crippen molar-refractivity contribution in [3.63, 3.8) is 0 Å². The molecule has 7 nitrogen and oxygen atoms in total. The lowest BCUT2D eigenvalue weighted by molar-refractivity contribution is -0.566. The third-order valence-electron chi connectivity index (χ3n) is 3.22. The van der Waals surface area contributed by atoms with Crippen LogP contribution in [0.5, 0.6) is 0 Å². The van der Waals surface area contributed by atoms with Gasteiger partial charge in [0.1, 0.15) is 6.61 Å². The van der Waals surface area contributed by atoms with E-state index in [-0.39, 0.29) is 0 Å². The minimum absolute atomic E-state index is 0.477. The maximum absolute atomic E-state index is 13.3. The summed E-state index contributed by atoms with van der Waals surface area (Å²) in [6.45, 7) is -3.76. The first-order chi connectivity index (χ1) is 15.4. The van der Waals surface area contributed by atoms with Gasteiger partial charge in [-0.1, -0.05) is 0 Å². The van der Waals surface area contributed by atoms with Gasteiger partial charge in [-0.15, -0.1) is 0 Å². The van der Waals surface area contributed by atoms with Crippen LogP contribution >= 0.6 is 7.82 Å². The van der Waals surface area contributed by atoms with Crippen molar-refractivity contribution < 1.29 is 103 Å². The highest BCUT2D eigenvalue weighted by Gasteiger charge is 2.78. The molecule has 0 saturated heterocycles. The number of ether oxygens (including phenoxy) is 3. The standard InChI is InChI=1S/C12H11F16O7P/c1-5(13,14)7(17,18)8(19,20)34-11(25,26)12(27,28)35-10(23,24)9(21,22)33-6(15,16)4-32-36(29,30-2)31-3/h4H2,1-3H3. The maximum atomic E-state index is 13.3. The van der Waals surface area contributed by atoms with Crippen molar-refractivity contribution in [1.29, 1.82) is 0 Å². The summed E-state index contributed by atoms with van der Waals surface area (Å²) < 4.78 is 238. The first-order valence-corrected chi connectivity index (χ1v) is 9.40. The smallest absolute Gasteiger partial charge is 0.290 e. The number of alkyl halides is 16. The molecule has 0 atom stereocenters. The normalized spacial score (nSPS) is 16.0. The Morgan fingerprint density at radius 2 is 0.861 bits per heavy atom. The number of hydrogen-bond donors (Lipinski definition) is 0. The zero-order valence-electron chi connectivity index (χ0n) is 17.1. The molecule has 0 amide bonds. The summed E-state index contributed by atoms with van der Waals surface area (Å²) >= 11 is 0. The van der Waals surface area contributed by atoms with Crippen LogP contribution in [0.15, 0.2) is 0 Å². The Balaban J connectivity index is 5.83. The molecule has 0 saturated carbocycles. The van der Waals surface area contributed by atoms with Gasteiger partial charge < -0.3 is 0 Å². The van der Waals surface area contributed by atoms with Crippen molar-refractivity contribution in [3.8, 4) is 0 Å². The summed E-state index contributed by atoms with van der Waals surface area (Å²) in [6, 6.07) is 0. The van der Waals surface area contributed by atoms with Gasteiger partial charge >= 0.3 is 56.3 Å². The first-order valence-electron chi connectivity index (χ1n) is 7.94. The molecule has 0 N–H and O–H groups in total. The molecule has 0 aliphatic rings. The van der Waals surface area contributed by atoms with E-state index in [4.69, 9.17) is 0 Å². The van der Waals surface area contributed by atoms with Gasteiger partial charge in [0.25, 0.3) is 0 Å². The van der Waals surface area contributed by atoms with Crippen LogP contribution < -0.4 is 0 Å². The van der Waals surface area contributed by atoms with Crippen LogP contribution in [0.2, 0.25) is 0 Å². The van der Waals surface area contributed by atoms with E-state index in [1.165, 1.54) is 4.74 Å². The summed E-state index contributed by atoms with van der Waals surface area (Å²) in [5.74, 6) is -13.0. The Morgan fingerprint density at radius 3 is 1.17 bits per heavy atom. The predicted octanol–water partition coefficient (Wildman–Crippen LogP) is 6.30. The molecule has 0 aromatic heterocycles. The highest BCUT2D eigenvalue weighted by atomic mass is 31.2. The zero-order valence-corrected chi connectivity index (χ0v) is 18.0. The lowest BCUT2D eigenvalue weighted by Gasteiger charge is -2.36. The van der Waals surface area contributed by atoms with Crippen molar-refractivity contribution in [3.05, 3.63) is 0 Å². The third-order valence-corrected chi connectivity index (χ3v) is 4.56. The van der Waals surface area contributed by atoms with Gasteiger partial charge in [-0.05, 0) is 0 Å². The van der Waals surface area contributed by atoms with E-state index in [1.807, 2.05) is 0 Å². The van der Waals surface area contributed by atoms with E-state index < -0.39 is 69.8 Å². The monoisotopic (exact) mass is 602 g/mol.